The monoisotopic (exact) mass is 750 g/mol. The van der Waals surface area contributed by atoms with Gasteiger partial charge in [0.1, 0.15) is 19.1 Å². The van der Waals surface area contributed by atoms with Gasteiger partial charge in [0, 0.05) is 37.0 Å². The molecule has 0 aliphatic heterocycles. The molecule has 53 heavy (non-hydrogen) atoms. The van der Waals surface area contributed by atoms with E-state index in [1.54, 1.807) is 55.7 Å². The van der Waals surface area contributed by atoms with Gasteiger partial charge in [-0.3, -0.25) is 23.9 Å². The van der Waals surface area contributed by atoms with Gasteiger partial charge in [-0.2, -0.15) is 0 Å². The largest absolute Gasteiger partial charge is 0.351 e. The summed E-state index contributed by atoms with van der Waals surface area (Å²) in [5.41, 5.74) is 2.34. The SMILES string of the molecule is CCC[C@H](NC(=O)[C@H](CC(C)(C)C)NC(=O)c1cc[n+](C)cc1)C(=O)N[C@H](CN[C@@H](C)C(=O)NCc1ccc(NS(C)(=O)=O)cc1)Cc1ccccc1. The van der Waals surface area contributed by atoms with Crippen LogP contribution in [0, 0.1) is 5.41 Å². The van der Waals surface area contributed by atoms with Crippen LogP contribution in [0.25, 0.3) is 0 Å². The van der Waals surface area contributed by atoms with E-state index in [4.69, 9.17) is 0 Å². The second-order valence-corrected chi connectivity index (χ2v) is 16.5. The highest BCUT2D eigenvalue weighted by molar-refractivity contribution is 7.92. The third-order valence-corrected chi connectivity index (χ3v) is 8.95. The van der Waals surface area contributed by atoms with Crippen molar-refractivity contribution in [3.63, 3.8) is 0 Å². The summed E-state index contributed by atoms with van der Waals surface area (Å²) in [6, 6.07) is 17.0. The first-order chi connectivity index (χ1) is 24.9. The molecule has 4 atom stereocenters. The molecule has 6 N–H and O–H groups in total. The highest BCUT2D eigenvalue weighted by atomic mass is 32.2. The van der Waals surface area contributed by atoms with Gasteiger partial charge in [-0.25, -0.2) is 13.0 Å². The second-order valence-electron chi connectivity index (χ2n) is 14.7. The molecule has 0 bridgehead atoms. The van der Waals surface area contributed by atoms with Crippen molar-refractivity contribution < 1.29 is 32.2 Å². The quantitative estimate of drug-likeness (QED) is 0.102. The highest BCUT2D eigenvalue weighted by Gasteiger charge is 2.31. The summed E-state index contributed by atoms with van der Waals surface area (Å²) in [6.45, 7) is 10.1. The fraction of sp³-hybridized carbons (Fsp3) is 0.462. The summed E-state index contributed by atoms with van der Waals surface area (Å²) in [5.74, 6) is -1.42. The first-order valence-electron chi connectivity index (χ1n) is 17.9. The molecule has 0 unspecified atom stereocenters. The molecule has 14 heteroatoms. The standard InChI is InChI=1S/C39H55N7O6S/c1-8-12-33(43-38(50)34(24-39(3,4)5)44-36(48)30-19-21-46(6)22-20-30)37(49)42-32(23-28-13-10-9-11-14-28)26-40-27(2)35(47)41-25-29-15-17-31(18-16-29)45-53(7,51)52/h9-11,13-22,27,32-34,40,45H,8,12,23-26H2,1-7H3,(H3-,41,42,43,44,47,48,49,50)/p+1/t27-,32-,33-,34-/m0/s1. The zero-order valence-corrected chi connectivity index (χ0v) is 32.7. The highest BCUT2D eigenvalue weighted by Crippen LogP contribution is 2.21. The number of pyridine rings is 1. The summed E-state index contributed by atoms with van der Waals surface area (Å²) >= 11 is 0. The summed E-state index contributed by atoms with van der Waals surface area (Å²) < 4.78 is 27.2. The van der Waals surface area contributed by atoms with E-state index in [9.17, 15) is 27.6 Å². The van der Waals surface area contributed by atoms with Crippen LogP contribution in [0.2, 0.25) is 0 Å². The normalized spacial score (nSPS) is 13.9. The van der Waals surface area contributed by atoms with E-state index in [0.29, 0.717) is 36.9 Å². The van der Waals surface area contributed by atoms with Crippen LogP contribution in [0.15, 0.2) is 79.1 Å². The number of benzene rings is 2. The Balaban J connectivity index is 1.67. The third kappa shape index (κ3) is 15.8. The maximum atomic E-state index is 13.8. The second kappa shape index (κ2) is 19.9. The lowest BCUT2D eigenvalue weighted by atomic mass is 9.87. The lowest BCUT2D eigenvalue weighted by molar-refractivity contribution is -0.671. The minimum atomic E-state index is -3.39. The van der Waals surface area contributed by atoms with Gasteiger partial charge >= 0.3 is 0 Å². The van der Waals surface area contributed by atoms with Crippen molar-refractivity contribution in [2.75, 3.05) is 17.5 Å². The molecule has 288 valence electrons. The Labute approximate surface area is 314 Å². The molecule has 0 aliphatic rings. The lowest BCUT2D eigenvalue weighted by Crippen LogP contribution is -2.57. The van der Waals surface area contributed by atoms with Crippen LogP contribution in [0.3, 0.4) is 0 Å². The van der Waals surface area contributed by atoms with Crippen LogP contribution in [0.4, 0.5) is 5.69 Å². The van der Waals surface area contributed by atoms with Crippen molar-refractivity contribution in [3.05, 3.63) is 95.8 Å². The maximum absolute atomic E-state index is 13.8. The number of aryl methyl sites for hydroxylation is 1. The van der Waals surface area contributed by atoms with E-state index in [1.165, 1.54) is 0 Å². The number of rotatable bonds is 19. The summed E-state index contributed by atoms with van der Waals surface area (Å²) in [6.07, 6.45) is 6.45. The van der Waals surface area contributed by atoms with Crippen molar-refractivity contribution in [2.45, 2.75) is 91.0 Å². The number of nitrogens with one attached hydrogen (secondary N) is 6. The Kier molecular flexibility index (Phi) is 16.0. The zero-order chi connectivity index (χ0) is 39.2. The van der Waals surface area contributed by atoms with E-state index in [1.807, 2.05) is 69.6 Å². The van der Waals surface area contributed by atoms with E-state index in [-0.39, 0.29) is 36.2 Å². The van der Waals surface area contributed by atoms with Gasteiger partial charge in [-0.15, -0.1) is 0 Å². The third-order valence-electron chi connectivity index (χ3n) is 8.35. The van der Waals surface area contributed by atoms with Crippen molar-refractivity contribution in [3.8, 4) is 0 Å². The molecule has 0 fully saturated rings. The smallest absolute Gasteiger partial charge is 0.252 e. The van der Waals surface area contributed by atoms with Crippen LogP contribution in [0.5, 0.6) is 0 Å². The van der Waals surface area contributed by atoms with Crippen LogP contribution < -0.4 is 35.9 Å². The fourth-order valence-corrected chi connectivity index (χ4v) is 6.14. The molecule has 0 spiro atoms. The average molecular weight is 751 g/mol. The molecule has 0 aliphatic carbocycles. The zero-order valence-electron chi connectivity index (χ0n) is 31.9. The molecular formula is C39H56N7O6S+. The fourth-order valence-electron chi connectivity index (χ4n) is 5.58. The van der Waals surface area contributed by atoms with E-state index in [2.05, 4.69) is 31.3 Å². The van der Waals surface area contributed by atoms with Gasteiger partial charge < -0.3 is 26.6 Å². The number of sulfonamides is 1. The van der Waals surface area contributed by atoms with Crippen LogP contribution in [-0.4, -0.2) is 69.0 Å². The molecule has 0 saturated carbocycles. The molecule has 0 radical (unpaired) electrons. The molecule has 1 aromatic heterocycles. The van der Waals surface area contributed by atoms with Gasteiger partial charge in [0.05, 0.1) is 17.9 Å². The average Bonchev–Trinajstić information content (AvgIpc) is 3.08. The molecule has 3 aromatic rings. The first-order valence-corrected chi connectivity index (χ1v) is 19.8. The summed E-state index contributed by atoms with van der Waals surface area (Å²) in [7, 11) is -1.54. The van der Waals surface area contributed by atoms with Crippen molar-refractivity contribution in [2.24, 2.45) is 12.5 Å². The van der Waals surface area contributed by atoms with Crippen LogP contribution in [0.1, 0.15) is 75.4 Å². The number of carbonyl (C=O) groups excluding carboxylic acids is 4. The van der Waals surface area contributed by atoms with Gasteiger partial charge in [-0.1, -0.05) is 76.6 Å². The molecular weight excluding hydrogens is 695 g/mol. The van der Waals surface area contributed by atoms with Gasteiger partial charge in [0.15, 0.2) is 12.4 Å². The number of carbonyl (C=O) groups is 4. The maximum Gasteiger partial charge on any atom is 0.252 e. The van der Waals surface area contributed by atoms with E-state index < -0.39 is 40.1 Å². The van der Waals surface area contributed by atoms with E-state index >= 15 is 0 Å². The number of aromatic nitrogens is 1. The van der Waals surface area contributed by atoms with Crippen LogP contribution in [-0.2, 0) is 44.4 Å². The lowest BCUT2D eigenvalue weighted by Gasteiger charge is -2.29. The number of amides is 4. The molecule has 13 nitrogen and oxygen atoms in total. The predicted molar refractivity (Wildman–Crippen MR) is 206 cm³/mol. The predicted octanol–water partition coefficient (Wildman–Crippen LogP) is 2.72. The molecule has 2 aromatic carbocycles. The number of hydrogen-bond acceptors (Lipinski definition) is 7. The summed E-state index contributed by atoms with van der Waals surface area (Å²) in [4.78, 5) is 53.7. The van der Waals surface area contributed by atoms with Crippen molar-refractivity contribution in [1.29, 1.82) is 0 Å². The molecule has 3 rings (SSSR count). The Morgan fingerprint density at radius 1 is 0.792 bits per heavy atom. The number of hydrogen-bond donors (Lipinski definition) is 6. The van der Waals surface area contributed by atoms with Crippen molar-refractivity contribution in [1.82, 2.24) is 26.6 Å². The minimum Gasteiger partial charge on any atom is -0.351 e. The van der Waals surface area contributed by atoms with Crippen LogP contribution >= 0.6 is 0 Å². The molecule has 0 saturated heterocycles. The Morgan fingerprint density at radius 3 is 2.00 bits per heavy atom. The minimum absolute atomic E-state index is 0.243. The Bertz CT molecular complexity index is 1760. The van der Waals surface area contributed by atoms with Gasteiger partial charge in [0.25, 0.3) is 5.91 Å². The molecule has 4 amide bonds. The number of nitrogens with zero attached hydrogens (tertiary/aromatic N) is 1. The Hall–Kier alpha value is -4.82. The summed E-state index contributed by atoms with van der Waals surface area (Å²) in [5, 5.41) is 15.0. The Morgan fingerprint density at radius 2 is 1.42 bits per heavy atom. The molecule has 1 heterocycles. The van der Waals surface area contributed by atoms with E-state index in [0.717, 1.165) is 17.4 Å². The first kappa shape index (κ1) is 42.6. The van der Waals surface area contributed by atoms with Gasteiger partial charge in [0.2, 0.25) is 27.7 Å². The number of anilines is 1. The van der Waals surface area contributed by atoms with Gasteiger partial charge in [-0.05, 0) is 54.9 Å². The topological polar surface area (TPSA) is 178 Å². The van der Waals surface area contributed by atoms with Crippen molar-refractivity contribution >= 4 is 39.3 Å².